The monoisotopic (exact) mass is 400 g/mol. The lowest BCUT2D eigenvalue weighted by atomic mass is 10.1. The van der Waals surface area contributed by atoms with Crippen LogP contribution in [0.1, 0.15) is 18.1 Å². The van der Waals surface area contributed by atoms with Crippen LogP contribution in [0.25, 0.3) is 5.70 Å². The minimum Gasteiger partial charge on any atom is -0.493 e. The summed E-state index contributed by atoms with van der Waals surface area (Å²) in [7, 11) is 0.662. The molecule has 0 aliphatic carbocycles. The maximum absolute atomic E-state index is 6.82. The molecule has 0 saturated heterocycles. The third kappa shape index (κ3) is 3.23. The zero-order chi connectivity index (χ0) is 20.4. The minimum absolute atomic E-state index is 0.755. The Bertz CT molecular complexity index is 1080. The molecule has 1 aliphatic heterocycles. The second-order valence-electron chi connectivity index (χ2n) is 6.96. The molecule has 1 aliphatic rings. The highest BCUT2D eigenvalue weighted by Gasteiger charge is 2.55. The second-order valence-corrected chi connectivity index (χ2v) is 9.78. The molecule has 0 N–H and O–H groups in total. The van der Waals surface area contributed by atoms with Crippen LogP contribution in [-0.2, 0) is 0 Å². The van der Waals surface area contributed by atoms with Crippen LogP contribution in [0.5, 0.6) is 11.5 Å². The molecule has 1 atom stereocenters. The number of hydrogen-bond donors (Lipinski definition) is 0. The maximum atomic E-state index is 6.82. The van der Waals surface area contributed by atoms with Gasteiger partial charge in [-0.25, -0.2) is 0 Å². The van der Waals surface area contributed by atoms with E-state index in [2.05, 4.69) is 28.3 Å². The fourth-order valence-corrected chi connectivity index (χ4v) is 6.52. The Morgan fingerprint density at radius 1 is 0.966 bits per heavy atom. The molecular weight excluding hydrogens is 376 g/mol. The lowest BCUT2D eigenvalue weighted by Crippen LogP contribution is -2.70. The molecule has 1 heterocycles. The van der Waals surface area contributed by atoms with Gasteiger partial charge in [-0.1, -0.05) is 61.2 Å². The van der Waals surface area contributed by atoms with Crippen LogP contribution in [0, 0.1) is 0 Å². The number of aliphatic imine (C=N–C) groups is 1. The summed E-state index contributed by atoms with van der Waals surface area (Å²) in [4.78, 5) is 4.36. The largest absolute Gasteiger partial charge is 0.624 e. The summed E-state index contributed by atoms with van der Waals surface area (Å²) in [6, 6.07) is 26.1. The van der Waals surface area contributed by atoms with E-state index >= 15 is 0 Å². The van der Waals surface area contributed by atoms with E-state index in [0.717, 1.165) is 39.2 Å². The summed E-state index contributed by atoms with van der Waals surface area (Å²) in [5, 5.41) is 1.01. The molecule has 0 amide bonds. The van der Waals surface area contributed by atoms with Crippen molar-refractivity contribution in [3.05, 3.63) is 96.6 Å². The lowest BCUT2D eigenvalue weighted by Gasteiger charge is -2.43. The summed E-state index contributed by atoms with van der Waals surface area (Å²) in [5.41, 5.74) is 3.74. The van der Waals surface area contributed by atoms with Crippen molar-refractivity contribution in [1.29, 1.82) is 0 Å². The first-order chi connectivity index (χ1) is 14.1. The van der Waals surface area contributed by atoms with Gasteiger partial charge < -0.3 is 13.4 Å². The van der Waals surface area contributed by atoms with Crippen LogP contribution in [-0.4, -0.2) is 33.1 Å². The van der Waals surface area contributed by atoms with E-state index in [1.54, 1.807) is 7.05 Å². The van der Waals surface area contributed by atoms with Crippen molar-refractivity contribution in [3.8, 4) is 11.5 Å². The predicted molar refractivity (Wildman–Crippen MR) is 121 cm³/mol. The van der Waals surface area contributed by atoms with E-state index in [9.17, 15) is 0 Å². The molecule has 0 radical (unpaired) electrons. The first kappa shape index (κ1) is 19.0. The average Bonchev–Trinajstić information content (AvgIpc) is 2.77. The number of rotatable bonds is 4. The van der Waals surface area contributed by atoms with Gasteiger partial charge in [0, 0.05) is 41.8 Å². The molecule has 0 spiro atoms. The minimum atomic E-state index is -3.13. The molecule has 4 rings (SSSR count). The lowest BCUT2D eigenvalue weighted by molar-refractivity contribution is 0.324. The first-order valence-corrected chi connectivity index (χ1v) is 11.3. The van der Waals surface area contributed by atoms with E-state index in [0.29, 0.717) is 0 Å². The normalized spacial score (nSPS) is 18.8. The Morgan fingerprint density at radius 2 is 1.62 bits per heavy atom. The molecule has 3 aromatic rings. The van der Waals surface area contributed by atoms with Crippen LogP contribution in [0.3, 0.4) is 0 Å². The Hall–Kier alpha value is -3.31. The van der Waals surface area contributed by atoms with Gasteiger partial charge in [-0.3, -0.25) is 4.99 Å². The number of hydrogen-bond acceptors (Lipinski definition) is 4. The molecule has 0 fully saturated rings. The van der Waals surface area contributed by atoms with Crippen molar-refractivity contribution < 1.29 is 8.85 Å². The summed E-state index contributed by atoms with van der Waals surface area (Å²) >= 11 is 0. The first-order valence-electron chi connectivity index (χ1n) is 9.55. The second kappa shape index (κ2) is 7.60. The zero-order valence-electron chi connectivity index (χ0n) is 16.9. The van der Waals surface area contributed by atoms with Crippen LogP contribution in [0.2, 0.25) is 0 Å². The SMILES string of the molecule is C=C1c2ccccc2O[Si](Oc2ccccc2C(C)=NC)(c2ccccc2)N1C. The molecule has 1 unspecified atom stereocenters. The van der Waals surface area contributed by atoms with E-state index < -0.39 is 8.72 Å². The van der Waals surface area contributed by atoms with Crippen molar-refractivity contribution in [2.24, 2.45) is 4.99 Å². The Morgan fingerprint density at radius 3 is 2.38 bits per heavy atom. The molecule has 0 bridgehead atoms. The molecule has 5 heteroatoms. The average molecular weight is 401 g/mol. The van der Waals surface area contributed by atoms with E-state index in [-0.39, 0.29) is 0 Å². The van der Waals surface area contributed by atoms with Gasteiger partial charge in [0.05, 0.1) is 0 Å². The summed E-state index contributed by atoms with van der Waals surface area (Å²) in [6.45, 7) is 6.33. The Balaban J connectivity index is 1.91. The van der Waals surface area contributed by atoms with Gasteiger partial charge in [0.25, 0.3) is 0 Å². The van der Waals surface area contributed by atoms with Gasteiger partial charge in [-0.05, 0) is 31.2 Å². The number of nitrogens with zero attached hydrogens (tertiary/aromatic N) is 2. The number of para-hydroxylation sites is 2. The van der Waals surface area contributed by atoms with Crippen LogP contribution in [0.15, 0.2) is 90.4 Å². The molecule has 0 aromatic heterocycles. The van der Waals surface area contributed by atoms with Crippen LogP contribution < -0.4 is 14.0 Å². The van der Waals surface area contributed by atoms with Crippen LogP contribution >= 0.6 is 0 Å². The number of fused-ring (bicyclic) bond motifs is 1. The van der Waals surface area contributed by atoms with Crippen molar-refractivity contribution in [2.75, 3.05) is 14.1 Å². The smallest absolute Gasteiger partial charge is 0.493 e. The number of benzene rings is 3. The van der Waals surface area contributed by atoms with E-state index in [1.165, 1.54) is 0 Å². The molecule has 4 nitrogen and oxygen atoms in total. The van der Waals surface area contributed by atoms with Crippen molar-refractivity contribution in [2.45, 2.75) is 6.92 Å². The molecule has 0 saturated carbocycles. The topological polar surface area (TPSA) is 34.1 Å². The van der Waals surface area contributed by atoms with Gasteiger partial charge in [-0.2, -0.15) is 0 Å². The van der Waals surface area contributed by atoms with Crippen LogP contribution in [0.4, 0.5) is 0 Å². The maximum Gasteiger partial charge on any atom is 0.624 e. The van der Waals surface area contributed by atoms with Crippen molar-refractivity contribution in [1.82, 2.24) is 4.57 Å². The fraction of sp³-hybridized carbons (Fsp3) is 0.125. The Kier molecular flexibility index (Phi) is 4.99. The Labute approximate surface area is 173 Å². The highest BCUT2D eigenvalue weighted by Crippen LogP contribution is 2.38. The zero-order valence-corrected chi connectivity index (χ0v) is 17.9. The highest BCUT2D eigenvalue weighted by molar-refractivity contribution is 6.81. The molecule has 29 heavy (non-hydrogen) atoms. The summed E-state index contributed by atoms with van der Waals surface area (Å²) in [6.07, 6.45) is 0. The van der Waals surface area contributed by atoms with Gasteiger partial charge in [0.1, 0.15) is 11.5 Å². The van der Waals surface area contributed by atoms with E-state index in [4.69, 9.17) is 8.85 Å². The highest BCUT2D eigenvalue weighted by atomic mass is 28.4. The van der Waals surface area contributed by atoms with Crippen molar-refractivity contribution in [3.63, 3.8) is 0 Å². The quantitative estimate of drug-likeness (QED) is 0.482. The van der Waals surface area contributed by atoms with E-state index in [1.807, 2.05) is 80.7 Å². The van der Waals surface area contributed by atoms with Gasteiger partial charge in [-0.15, -0.1) is 0 Å². The summed E-state index contributed by atoms with van der Waals surface area (Å²) < 4.78 is 15.6. The standard InChI is InChI=1S/C24H24N2O2Si/c1-18(25-3)21-14-8-10-16-23(21)27-29(20-12-6-5-7-13-20)26(4)19(2)22-15-9-11-17-24(22)28-29/h5-17H,2H2,1,3-4H3. The molecule has 3 aromatic carbocycles. The molecule has 146 valence electrons. The summed E-state index contributed by atoms with van der Waals surface area (Å²) in [5.74, 6) is 1.55. The van der Waals surface area contributed by atoms with Crippen molar-refractivity contribution >= 4 is 25.3 Å². The van der Waals surface area contributed by atoms with Gasteiger partial charge in [0.2, 0.25) is 0 Å². The third-order valence-corrected chi connectivity index (χ3v) is 8.50. The van der Waals surface area contributed by atoms with Gasteiger partial charge >= 0.3 is 8.72 Å². The van der Waals surface area contributed by atoms with Gasteiger partial charge in [0.15, 0.2) is 0 Å². The fourth-order valence-electron chi connectivity index (χ4n) is 3.54. The molecular formula is C24H24N2O2Si. The third-order valence-electron chi connectivity index (χ3n) is 5.29. The predicted octanol–water partition coefficient (Wildman–Crippen LogP) is 4.35.